The normalized spacial score (nSPS) is 11.7. The molecule has 4 nitrogen and oxygen atoms in total. The van der Waals surface area contributed by atoms with Crippen LogP contribution in [0.5, 0.6) is 0 Å². The number of nitrogens with two attached hydrogens (primary N) is 1. The monoisotopic (exact) mass is 300 g/mol. The molecule has 0 aliphatic rings. The first-order valence-electron chi connectivity index (χ1n) is 5.48. The highest BCUT2D eigenvalue weighted by molar-refractivity contribution is 7.89. The Morgan fingerprint density at radius 3 is 2.63 bits per heavy atom. The molecule has 0 aliphatic heterocycles. The van der Waals surface area contributed by atoms with Crippen molar-refractivity contribution >= 4 is 27.0 Å². The van der Waals surface area contributed by atoms with E-state index >= 15 is 0 Å². The molecule has 0 spiro atoms. The Morgan fingerprint density at radius 1 is 1.32 bits per heavy atom. The first-order chi connectivity index (χ1) is 8.88. The number of thiophene rings is 1. The topological polar surface area (TPSA) is 72.2 Å². The number of hydrogen-bond donors (Lipinski definition) is 2. The number of anilines is 1. The van der Waals surface area contributed by atoms with E-state index in [0.29, 0.717) is 0 Å². The molecule has 0 saturated heterocycles. The van der Waals surface area contributed by atoms with Gasteiger partial charge in [0.1, 0.15) is 5.82 Å². The van der Waals surface area contributed by atoms with Crippen molar-refractivity contribution in [3.05, 3.63) is 45.9 Å². The second kappa shape index (κ2) is 5.28. The minimum atomic E-state index is -3.68. The molecule has 0 unspecified atom stereocenters. The number of rotatable bonds is 4. The summed E-state index contributed by atoms with van der Waals surface area (Å²) in [7, 11) is -3.68. The van der Waals surface area contributed by atoms with Gasteiger partial charge in [0.15, 0.2) is 0 Å². The predicted octanol–water partition coefficient (Wildman–Crippen LogP) is 2.26. The van der Waals surface area contributed by atoms with Crippen molar-refractivity contribution in [2.45, 2.75) is 18.4 Å². The van der Waals surface area contributed by atoms with E-state index in [9.17, 15) is 12.8 Å². The molecule has 0 bridgehead atoms. The fraction of sp³-hybridized carbons (Fsp3) is 0.167. The molecule has 2 aromatic rings. The van der Waals surface area contributed by atoms with Crippen LogP contribution in [0.2, 0.25) is 0 Å². The maximum absolute atomic E-state index is 13.0. The summed E-state index contributed by atoms with van der Waals surface area (Å²) in [5.74, 6) is -0.632. The molecule has 0 aliphatic carbocycles. The Kier molecular flexibility index (Phi) is 3.88. The van der Waals surface area contributed by atoms with Gasteiger partial charge in [0, 0.05) is 16.3 Å². The molecular weight excluding hydrogens is 287 g/mol. The van der Waals surface area contributed by atoms with Gasteiger partial charge < -0.3 is 5.73 Å². The van der Waals surface area contributed by atoms with E-state index < -0.39 is 15.8 Å². The van der Waals surface area contributed by atoms with E-state index in [4.69, 9.17) is 5.73 Å². The van der Waals surface area contributed by atoms with E-state index in [1.807, 2.05) is 19.1 Å². The molecule has 0 atom stereocenters. The van der Waals surface area contributed by atoms with Crippen molar-refractivity contribution in [1.29, 1.82) is 0 Å². The van der Waals surface area contributed by atoms with E-state index in [0.717, 1.165) is 21.9 Å². The van der Waals surface area contributed by atoms with Crippen LogP contribution in [0.1, 0.15) is 9.75 Å². The molecule has 1 aromatic carbocycles. The number of sulfonamides is 1. The molecule has 19 heavy (non-hydrogen) atoms. The minimum Gasteiger partial charge on any atom is -0.396 e. The average Bonchev–Trinajstić information content (AvgIpc) is 2.76. The molecule has 1 aromatic heterocycles. The third-order valence-corrected chi connectivity index (χ3v) is 4.91. The molecular formula is C12H13FN2O2S2. The summed E-state index contributed by atoms with van der Waals surface area (Å²) in [6, 6.07) is 7.12. The molecule has 0 fully saturated rings. The number of hydrogen-bond acceptors (Lipinski definition) is 4. The lowest BCUT2D eigenvalue weighted by Crippen LogP contribution is -2.23. The van der Waals surface area contributed by atoms with Gasteiger partial charge in [-0.2, -0.15) is 0 Å². The molecule has 1 heterocycles. The first kappa shape index (κ1) is 14.0. The highest BCUT2D eigenvalue weighted by Gasteiger charge is 2.15. The van der Waals surface area contributed by atoms with Crippen molar-refractivity contribution in [2.75, 3.05) is 5.73 Å². The second-order valence-electron chi connectivity index (χ2n) is 4.02. The molecule has 3 N–H and O–H groups in total. The Labute approximate surface area is 115 Å². The number of nitrogens with one attached hydrogen (secondary N) is 1. The largest absolute Gasteiger partial charge is 0.396 e. The highest BCUT2D eigenvalue weighted by Crippen LogP contribution is 2.18. The van der Waals surface area contributed by atoms with Gasteiger partial charge in [-0.3, -0.25) is 0 Å². The van der Waals surface area contributed by atoms with Gasteiger partial charge in [-0.25, -0.2) is 17.5 Å². The number of benzene rings is 1. The summed E-state index contributed by atoms with van der Waals surface area (Å²) in [5, 5.41) is 0. The SMILES string of the molecule is Cc1ccc(CNS(=O)(=O)c2ccc(F)c(N)c2)s1. The lowest BCUT2D eigenvalue weighted by molar-refractivity contribution is 0.581. The van der Waals surface area contributed by atoms with Crippen LogP contribution in [0, 0.1) is 12.7 Å². The van der Waals surface area contributed by atoms with Crippen LogP contribution < -0.4 is 10.5 Å². The van der Waals surface area contributed by atoms with Crippen LogP contribution in [0.25, 0.3) is 0 Å². The Bertz CT molecular complexity index is 696. The second-order valence-corrected chi connectivity index (χ2v) is 7.16. The maximum Gasteiger partial charge on any atom is 0.240 e. The molecule has 7 heteroatoms. The van der Waals surface area contributed by atoms with Gasteiger partial charge in [-0.05, 0) is 37.3 Å². The summed E-state index contributed by atoms with van der Waals surface area (Å²) < 4.78 is 39.4. The smallest absolute Gasteiger partial charge is 0.240 e. The van der Waals surface area contributed by atoms with Crippen molar-refractivity contribution in [3.63, 3.8) is 0 Å². The van der Waals surface area contributed by atoms with Crippen LogP contribution >= 0.6 is 11.3 Å². The average molecular weight is 300 g/mol. The van der Waals surface area contributed by atoms with Crippen LogP contribution in [0.15, 0.2) is 35.2 Å². The predicted molar refractivity (Wildman–Crippen MR) is 73.9 cm³/mol. The third kappa shape index (κ3) is 3.31. The van der Waals surface area contributed by atoms with Gasteiger partial charge in [0.2, 0.25) is 10.0 Å². The zero-order chi connectivity index (χ0) is 14.0. The molecule has 0 amide bonds. The third-order valence-electron chi connectivity index (χ3n) is 2.51. The molecule has 102 valence electrons. The fourth-order valence-corrected chi connectivity index (χ4v) is 3.48. The summed E-state index contributed by atoms with van der Waals surface area (Å²) in [6.45, 7) is 2.15. The summed E-state index contributed by atoms with van der Waals surface area (Å²) in [4.78, 5) is 1.98. The summed E-state index contributed by atoms with van der Waals surface area (Å²) in [6.07, 6.45) is 0. The van der Waals surface area contributed by atoms with Crippen molar-refractivity contribution < 1.29 is 12.8 Å². The van der Waals surface area contributed by atoms with Gasteiger partial charge in [-0.15, -0.1) is 11.3 Å². The standard InChI is InChI=1S/C12H13FN2O2S2/c1-8-2-3-9(18-8)7-15-19(16,17)10-4-5-11(13)12(14)6-10/h2-6,15H,7,14H2,1H3. The Hall–Kier alpha value is -1.44. The van der Waals surface area contributed by atoms with E-state index in [1.165, 1.54) is 17.4 Å². The van der Waals surface area contributed by atoms with Crippen molar-refractivity contribution in [1.82, 2.24) is 4.72 Å². The Morgan fingerprint density at radius 2 is 2.05 bits per heavy atom. The fourth-order valence-electron chi connectivity index (χ4n) is 1.52. The van der Waals surface area contributed by atoms with Crippen LogP contribution in [0.4, 0.5) is 10.1 Å². The lowest BCUT2D eigenvalue weighted by atomic mass is 10.3. The van der Waals surface area contributed by atoms with Gasteiger partial charge in [0.05, 0.1) is 10.6 Å². The highest BCUT2D eigenvalue weighted by atomic mass is 32.2. The van der Waals surface area contributed by atoms with Gasteiger partial charge in [-0.1, -0.05) is 0 Å². The number of halogens is 1. The van der Waals surface area contributed by atoms with Crippen LogP contribution in [-0.2, 0) is 16.6 Å². The number of aryl methyl sites for hydroxylation is 1. The van der Waals surface area contributed by atoms with Crippen molar-refractivity contribution in [2.24, 2.45) is 0 Å². The van der Waals surface area contributed by atoms with Gasteiger partial charge >= 0.3 is 0 Å². The Balaban J connectivity index is 2.16. The number of nitrogen functional groups attached to an aromatic ring is 1. The van der Waals surface area contributed by atoms with Crippen molar-refractivity contribution in [3.8, 4) is 0 Å². The zero-order valence-electron chi connectivity index (χ0n) is 10.2. The molecule has 0 saturated carbocycles. The first-order valence-corrected chi connectivity index (χ1v) is 7.78. The maximum atomic E-state index is 13.0. The molecule has 2 rings (SSSR count). The van der Waals surface area contributed by atoms with E-state index in [2.05, 4.69) is 4.72 Å². The lowest BCUT2D eigenvalue weighted by Gasteiger charge is -2.06. The zero-order valence-corrected chi connectivity index (χ0v) is 11.8. The van der Waals surface area contributed by atoms with Gasteiger partial charge in [0.25, 0.3) is 0 Å². The van der Waals surface area contributed by atoms with Crippen LogP contribution in [0.3, 0.4) is 0 Å². The summed E-state index contributed by atoms with van der Waals surface area (Å²) in [5.41, 5.74) is 5.18. The molecule has 0 radical (unpaired) electrons. The quantitative estimate of drug-likeness (QED) is 0.851. The van der Waals surface area contributed by atoms with E-state index in [-0.39, 0.29) is 17.1 Å². The van der Waals surface area contributed by atoms with E-state index in [1.54, 1.807) is 0 Å². The van der Waals surface area contributed by atoms with Crippen LogP contribution in [-0.4, -0.2) is 8.42 Å². The minimum absolute atomic E-state index is 0.0420. The summed E-state index contributed by atoms with van der Waals surface area (Å²) >= 11 is 1.52.